The van der Waals surface area contributed by atoms with Gasteiger partial charge >= 0.3 is 11.6 Å². The molecule has 0 radical (unpaired) electrons. The zero-order valence-corrected chi connectivity index (χ0v) is 20.4. The minimum absolute atomic E-state index is 0.328. The summed E-state index contributed by atoms with van der Waals surface area (Å²) < 4.78 is 5.74. The van der Waals surface area contributed by atoms with Gasteiger partial charge < -0.3 is 14.4 Å². The van der Waals surface area contributed by atoms with E-state index in [1.165, 1.54) is 6.08 Å². The third-order valence-electron chi connectivity index (χ3n) is 5.78. The van der Waals surface area contributed by atoms with E-state index in [1.807, 2.05) is 25.1 Å². The number of rotatable bonds is 10. The lowest BCUT2D eigenvalue weighted by molar-refractivity contribution is -0.132. The summed E-state index contributed by atoms with van der Waals surface area (Å²) in [6.07, 6.45) is 7.68. The number of aliphatic carboxylic acids is 1. The summed E-state index contributed by atoms with van der Waals surface area (Å²) in [4.78, 5) is 26.2. The molecule has 1 N–H and O–H groups in total. The molecule has 1 heterocycles. The number of hydrogen-bond donors (Lipinski definition) is 1. The molecule has 0 aliphatic carbocycles. The SMILES string of the molecule is CCCN(CCC)c1ccc2c(CC)c(/C=C/c3ccc(/C=C(/C#N)C(=O)O)cc3)c(=O)oc2c1. The number of nitriles is 1. The molecule has 0 spiro atoms. The fourth-order valence-electron chi connectivity index (χ4n) is 4.12. The molecular weight excluding hydrogens is 440 g/mol. The summed E-state index contributed by atoms with van der Waals surface area (Å²) >= 11 is 0. The fourth-order valence-corrected chi connectivity index (χ4v) is 4.12. The van der Waals surface area contributed by atoms with E-state index in [4.69, 9.17) is 14.8 Å². The quantitative estimate of drug-likeness (QED) is 0.217. The predicted molar refractivity (Wildman–Crippen MR) is 141 cm³/mol. The van der Waals surface area contributed by atoms with Crippen LogP contribution in [0.1, 0.15) is 55.9 Å². The Labute approximate surface area is 205 Å². The highest BCUT2D eigenvalue weighted by Crippen LogP contribution is 2.27. The minimum Gasteiger partial charge on any atom is -0.477 e. The van der Waals surface area contributed by atoms with E-state index in [0.29, 0.717) is 23.1 Å². The van der Waals surface area contributed by atoms with Gasteiger partial charge in [-0.15, -0.1) is 0 Å². The Morgan fingerprint density at radius 2 is 1.69 bits per heavy atom. The van der Waals surface area contributed by atoms with Crippen molar-refractivity contribution in [2.45, 2.75) is 40.0 Å². The lowest BCUT2D eigenvalue weighted by atomic mass is 10.0. The van der Waals surface area contributed by atoms with Gasteiger partial charge in [-0.05, 0) is 60.2 Å². The fraction of sp³-hybridized carbons (Fsp3) is 0.276. The molecule has 0 amide bonds. The van der Waals surface area contributed by atoms with Crippen molar-refractivity contribution < 1.29 is 14.3 Å². The minimum atomic E-state index is -1.26. The molecule has 0 aliphatic rings. The number of carbonyl (C=O) groups is 1. The van der Waals surface area contributed by atoms with Crippen molar-refractivity contribution in [1.82, 2.24) is 0 Å². The number of benzene rings is 2. The van der Waals surface area contributed by atoms with Gasteiger partial charge in [0.25, 0.3) is 0 Å². The molecule has 1 aromatic heterocycles. The van der Waals surface area contributed by atoms with E-state index in [9.17, 15) is 9.59 Å². The van der Waals surface area contributed by atoms with Crippen molar-refractivity contribution in [3.8, 4) is 6.07 Å². The van der Waals surface area contributed by atoms with Crippen LogP contribution < -0.4 is 10.5 Å². The van der Waals surface area contributed by atoms with Crippen LogP contribution >= 0.6 is 0 Å². The molecule has 0 fully saturated rings. The van der Waals surface area contributed by atoms with Crippen LogP contribution in [0.5, 0.6) is 0 Å². The maximum absolute atomic E-state index is 12.9. The number of anilines is 1. The molecule has 2 aromatic carbocycles. The molecule has 0 unspecified atom stereocenters. The first-order valence-electron chi connectivity index (χ1n) is 11.9. The standard InChI is InChI=1S/C29H30N2O4/c1-4-15-31(16-5-2)23-12-14-25-24(6-3)26(29(34)35-27(25)18-23)13-11-20-7-9-21(10-8-20)17-22(19-30)28(32)33/h7-14,17-18H,4-6,15-16H2,1-3H3,(H,32,33)/b13-11+,22-17-. The van der Waals surface area contributed by atoms with Gasteiger partial charge in [-0.3, -0.25) is 0 Å². The number of aryl methyl sites for hydroxylation is 1. The molecule has 0 bridgehead atoms. The van der Waals surface area contributed by atoms with Gasteiger partial charge in [0.15, 0.2) is 0 Å². The van der Waals surface area contributed by atoms with E-state index in [1.54, 1.807) is 36.4 Å². The first-order chi connectivity index (χ1) is 16.9. The highest BCUT2D eigenvalue weighted by Gasteiger charge is 2.14. The Hall–Kier alpha value is -4.11. The van der Waals surface area contributed by atoms with E-state index < -0.39 is 5.97 Å². The van der Waals surface area contributed by atoms with Crippen molar-refractivity contribution in [1.29, 1.82) is 5.26 Å². The third kappa shape index (κ3) is 6.07. The van der Waals surface area contributed by atoms with Crippen LogP contribution in [0, 0.1) is 11.3 Å². The first kappa shape index (κ1) is 25.5. The average Bonchev–Trinajstić information content (AvgIpc) is 2.85. The second-order valence-electron chi connectivity index (χ2n) is 8.28. The number of fused-ring (bicyclic) bond motifs is 1. The number of nitrogens with zero attached hydrogens (tertiary/aromatic N) is 2. The first-order valence-corrected chi connectivity index (χ1v) is 11.9. The highest BCUT2D eigenvalue weighted by atomic mass is 16.4. The normalized spacial score (nSPS) is 11.7. The van der Waals surface area contributed by atoms with Crippen LogP contribution in [0.15, 0.2) is 57.2 Å². The molecular formula is C29H30N2O4. The molecule has 35 heavy (non-hydrogen) atoms. The molecule has 6 heteroatoms. The van der Waals surface area contributed by atoms with Crippen LogP contribution in [-0.4, -0.2) is 24.2 Å². The summed E-state index contributed by atoms with van der Waals surface area (Å²) in [7, 11) is 0. The second-order valence-corrected chi connectivity index (χ2v) is 8.28. The Morgan fingerprint density at radius 3 is 2.26 bits per heavy atom. The monoisotopic (exact) mass is 470 g/mol. The summed E-state index contributed by atoms with van der Waals surface area (Å²) in [6.45, 7) is 8.24. The van der Waals surface area contributed by atoms with Crippen molar-refractivity contribution in [2.24, 2.45) is 0 Å². The highest BCUT2D eigenvalue weighted by molar-refractivity contribution is 5.96. The largest absolute Gasteiger partial charge is 0.477 e. The predicted octanol–water partition coefficient (Wildman–Crippen LogP) is 6.14. The maximum Gasteiger partial charge on any atom is 0.346 e. The Bertz CT molecular complexity index is 1350. The number of hydrogen-bond acceptors (Lipinski definition) is 5. The topological polar surface area (TPSA) is 94.5 Å². The van der Waals surface area contributed by atoms with Crippen LogP contribution in [0.25, 0.3) is 29.2 Å². The van der Waals surface area contributed by atoms with E-state index in [-0.39, 0.29) is 11.2 Å². The molecule has 0 aliphatic heterocycles. The lowest BCUT2D eigenvalue weighted by Crippen LogP contribution is -2.24. The summed E-state index contributed by atoms with van der Waals surface area (Å²) in [5.74, 6) is -1.26. The summed E-state index contributed by atoms with van der Waals surface area (Å²) in [5.41, 5.74) is 3.86. The van der Waals surface area contributed by atoms with Gasteiger partial charge in [0.1, 0.15) is 17.2 Å². The summed E-state index contributed by atoms with van der Waals surface area (Å²) in [6, 6.07) is 14.8. The van der Waals surface area contributed by atoms with Gasteiger partial charge in [-0.2, -0.15) is 5.26 Å². The number of carboxylic acid groups (broad SMARTS) is 1. The molecule has 3 rings (SSSR count). The number of carboxylic acids is 1. The Balaban J connectivity index is 1.95. The summed E-state index contributed by atoms with van der Waals surface area (Å²) in [5, 5.41) is 18.8. The zero-order chi connectivity index (χ0) is 25.4. The molecule has 180 valence electrons. The van der Waals surface area contributed by atoms with Gasteiger partial charge in [-0.1, -0.05) is 51.1 Å². The van der Waals surface area contributed by atoms with Crippen molar-refractivity contribution in [3.63, 3.8) is 0 Å². The molecule has 3 aromatic rings. The Kier molecular flexibility index (Phi) is 8.63. The third-order valence-corrected chi connectivity index (χ3v) is 5.78. The molecule has 0 atom stereocenters. The molecule has 0 saturated carbocycles. The zero-order valence-electron chi connectivity index (χ0n) is 20.4. The van der Waals surface area contributed by atoms with Gasteiger partial charge in [0, 0.05) is 30.2 Å². The average molecular weight is 471 g/mol. The molecule has 0 saturated heterocycles. The smallest absolute Gasteiger partial charge is 0.346 e. The van der Waals surface area contributed by atoms with Crippen LogP contribution in [0.4, 0.5) is 5.69 Å². The van der Waals surface area contributed by atoms with E-state index in [0.717, 1.165) is 48.1 Å². The van der Waals surface area contributed by atoms with E-state index >= 15 is 0 Å². The van der Waals surface area contributed by atoms with Crippen molar-refractivity contribution in [2.75, 3.05) is 18.0 Å². The van der Waals surface area contributed by atoms with E-state index in [2.05, 4.69) is 24.8 Å². The van der Waals surface area contributed by atoms with Crippen LogP contribution in [-0.2, 0) is 11.2 Å². The van der Waals surface area contributed by atoms with Crippen LogP contribution in [0.2, 0.25) is 0 Å². The lowest BCUT2D eigenvalue weighted by Gasteiger charge is -2.24. The van der Waals surface area contributed by atoms with Gasteiger partial charge in [-0.25, -0.2) is 9.59 Å². The van der Waals surface area contributed by atoms with Gasteiger partial charge in [0.2, 0.25) is 0 Å². The van der Waals surface area contributed by atoms with Crippen LogP contribution in [0.3, 0.4) is 0 Å². The van der Waals surface area contributed by atoms with Gasteiger partial charge in [0.05, 0.1) is 5.56 Å². The maximum atomic E-state index is 12.9. The Morgan fingerprint density at radius 1 is 1.03 bits per heavy atom. The second kappa shape index (κ2) is 11.8. The van der Waals surface area contributed by atoms with Crippen molar-refractivity contribution >= 4 is 40.9 Å². The molecule has 6 nitrogen and oxygen atoms in total. The van der Waals surface area contributed by atoms with Crippen molar-refractivity contribution in [3.05, 3.63) is 80.7 Å².